The van der Waals surface area contributed by atoms with Crippen LogP contribution in [0.5, 0.6) is 5.88 Å². The van der Waals surface area contributed by atoms with Crippen LogP contribution < -0.4 is 5.56 Å². The fourth-order valence-corrected chi connectivity index (χ4v) is 1.97. The van der Waals surface area contributed by atoms with Crippen LogP contribution >= 0.6 is 0 Å². The van der Waals surface area contributed by atoms with E-state index < -0.39 is 0 Å². The third kappa shape index (κ3) is 2.16. The molecule has 0 aliphatic carbocycles. The summed E-state index contributed by atoms with van der Waals surface area (Å²) in [7, 11) is 0. The summed E-state index contributed by atoms with van der Waals surface area (Å²) in [6.45, 7) is 0. The van der Waals surface area contributed by atoms with E-state index in [1.165, 1.54) is 0 Å². The monoisotopic (exact) mass is 265 g/mol. The zero-order valence-electron chi connectivity index (χ0n) is 10.4. The van der Waals surface area contributed by atoms with Crippen LogP contribution in [0.25, 0.3) is 22.5 Å². The Bertz CT molecular complexity index is 783. The van der Waals surface area contributed by atoms with Crippen LogP contribution in [0.15, 0.2) is 59.7 Å². The number of nitrogens with zero attached hydrogens (tertiary/aromatic N) is 2. The van der Waals surface area contributed by atoms with E-state index in [1.807, 2.05) is 6.07 Å². The van der Waals surface area contributed by atoms with Crippen molar-refractivity contribution in [2.45, 2.75) is 0 Å². The lowest BCUT2D eigenvalue weighted by Gasteiger charge is -2.05. The second-order valence-corrected chi connectivity index (χ2v) is 4.22. The van der Waals surface area contributed by atoms with Gasteiger partial charge in [-0.1, -0.05) is 30.3 Å². The van der Waals surface area contributed by atoms with Gasteiger partial charge in [0.05, 0.1) is 0 Å². The summed E-state index contributed by atoms with van der Waals surface area (Å²) in [5, 5.41) is 10.0. The molecule has 1 aromatic carbocycles. The molecule has 98 valence electrons. The summed E-state index contributed by atoms with van der Waals surface area (Å²) in [6.07, 6.45) is 3.19. The molecule has 2 heterocycles. The van der Waals surface area contributed by atoms with Gasteiger partial charge in [-0.3, -0.25) is 9.78 Å². The van der Waals surface area contributed by atoms with E-state index in [9.17, 15) is 9.90 Å². The summed E-state index contributed by atoms with van der Waals surface area (Å²) in [4.78, 5) is 22.8. The predicted octanol–water partition coefficient (Wildman–Crippen LogP) is 2.20. The summed E-state index contributed by atoms with van der Waals surface area (Å²) < 4.78 is 0. The van der Waals surface area contributed by atoms with Crippen LogP contribution in [-0.2, 0) is 0 Å². The van der Waals surface area contributed by atoms with Gasteiger partial charge in [-0.05, 0) is 17.7 Å². The van der Waals surface area contributed by atoms with Crippen molar-refractivity contribution < 1.29 is 5.11 Å². The lowest BCUT2D eigenvalue weighted by atomic mass is 10.1. The molecule has 0 amide bonds. The number of benzene rings is 1. The number of H-pyrrole nitrogens is 1. The van der Waals surface area contributed by atoms with E-state index in [1.54, 1.807) is 48.8 Å². The highest BCUT2D eigenvalue weighted by Gasteiger charge is 2.13. The first kappa shape index (κ1) is 12.1. The number of aromatic nitrogens is 3. The highest BCUT2D eigenvalue weighted by atomic mass is 16.3. The largest absolute Gasteiger partial charge is 0.493 e. The molecule has 5 nitrogen and oxygen atoms in total. The lowest BCUT2D eigenvalue weighted by Crippen LogP contribution is -2.12. The molecular weight excluding hydrogens is 254 g/mol. The third-order valence-corrected chi connectivity index (χ3v) is 2.90. The van der Waals surface area contributed by atoms with Crippen molar-refractivity contribution in [2.24, 2.45) is 0 Å². The molecule has 3 rings (SSSR count). The standard InChI is InChI=1S/C15H11N3O2/c19-14-12(10-5-2-1-3-6-10)15(20)18-13(17-14)11-7-4-8-16-9-11/h1-9H,(H2,17,18,19,20). The molecule has 20 heavy (non-hydrogen) atoms. The summed E-state index contributed by atoms with van der Waals surface area (Å²) in [5.74, 6) is -0.000848. The average Bonchev–Trinajstić information content (AvgIpc) is 2.48. The van der Waals surface area contributed by atoms with Gasteiger partial charge in [-0.15, -0.1) is 0 Å². The molecule has 0 bridgehead atoms. The van der Waals surface area contributed by atoms with Crippen molar-refractivity contribution in [1.29, 1.82) is 0 Å². The Hall–Kier alpha value is -2.95. The van der Waals surface area contributed by atoms with Crippen molar-refractivity contribution >= 4 is 0 Å². The number of hydrogen-bond donors (Lipinski definition) is 2. The predicted molar refractivity (Wildman–Crippen MR) is 75.2 cm³/mol. The molecule has 3 aromatic rings. The molecule has 0 fully saturated rings. The van der Waals surface area contributed by atoms with E-state index in [0.29, 0.717) is 17.0 Å². The number of aromatic amines is 1. The van der Waals surface area contributed by atoms with Crippen molar-refractivity contribution in [1.82, 2.24) is 15.0 Å². The number of aromatic hydroxyl groups is 1. The van der Waals surface area contributed by atoms with Gasteiger partial charge >= 0.3 is 0 Å². The zero-order valence-corrected chi connectivity index (χ0v) is 10.4. The summed E-state index contributed by atoms with van der Waals surface area (Å²) in [5.41, 5.74) is 1.04. The van der Waals surface area contributed by atoms with Gasteiger partial charge in [-0.2, -0.15) is 4.98 Å². The number of hydrogen-bond acceptors (Lipinski definition) is 4. The molecule has 0 saturated heterocycles. The second-order valence-electron chi connectivity index (χ2n) is 4.22. The highest BCUT2D eigenvalue weighted by molar-refractivity contribution is 5.68. The molecule has 5 heteroatoms. The van der Waals surface area contributed by atoms with Crippen LogP contribution in [-0.4, -0.2) is 20.1 Å². The fraction of sp³-hybridized carbons (Fsp3) is 0. The van der Waals surface area contributed by atoms with Gasteiger partial charge < -0.3 is 10.1 Å². The van der Waals surface area contributed by atoms with E-state index in [4.69, 9.17) is 0 Å². The van der Waals surface area contributed by atoms with Gasteiger partial charge in [-0.25, -0.2) is 0 Å². The van der Waals surface area contributed by atoms with E-state index in [0.717, 1.165) is 0 Å². The zero-order chi connectivity index (χ0) is 13.9. The Morgan fingerprint density at radius 1 is 1.00 bits per heavy atom. The Labute approximate surface area is 114 Å². The fourth-order valence-electron chi connectivity index (χ4n) is 1.97. The highest BCUT2D eigenvalue weighted by Crippen LogP contribution is 2.24. The number of nitrogens with one attached hydrogen (secondary N) is 1. The van der Waals surface area contributed by atoms with Gasteiger partial charge in [0.1, 0.15) is 11.4 Å². The van der Waals surface area contributed by atoms with Gasteiger partial charge in [0.25, 0.3) is 5.56 Å². The van der Waals surface area contributed by atoms with Crippen molar-refractivity contribution in [3.05, 3.63) is 65.2 Å². The van der Waals surface area contributed by atoms with E-state index in [-0.39, 0.29) is 17.0 Å². The Kier molecular flexibility index (Phi) is 3.01. The molecule has 0 aliphatic heterocycles. The van der Waals surface area contributed by atoms with E-state index in [2.05, 4.69) is 15.0 Å². The Morgan fingerprint density at radius 3 is 2.40 bits per heavy atom. The Balaban J connectivity index is 2.16. The smallest absolute Gasteiger partial charge is 0.262 e. The first-order chi connectivity index (χ1) is 9.75. The van der Waals surface area contributed by atoms with Crippen LogP contribution in [0.3, 0.4) is 0 Å². The third-order valence-electron chi connectivity index (χ3n) is 2.90. The quantitative estimate of drug-likeness (QED) is 0.744. The van der Waals surface area contributed by atoms with Gasteiger partial charge in [0, 0.05) is 18.0 Å². The Morgan fingerprint density at radius 2 is 1.75 bits per heavy atom. The molecule has 0 unspecified atom stereocenters. The SMILES string of the molecule is O=c1[nH]c(-c2cccnc2)nc(O)c1-c1ccccc1. The maximum Gasteiger partial charge on any atom is 0.262 e. The molecule has 0 saturated carbocycles. The lowest BCUT2D eigenvalue weighted by molar-refractivity contribution is 0.454. The first-order valence-corrected chi connectivity index (χ1v) is 6.05. The minimum Gasteiger partial charge on any atom is -0.493 e. The van der Waals surface area contributed by atoms with E-state index >= 15 is 0 Å². The van der Waals surface area contributed by atoms with Crippen molar-refractivity contribution in [3.8, 4) is 28.4 Å². The van der Waals surface area contributed by atoms with Gasteiger partial charge in [0.15, 0.2) is 0 Å². The minimum atomic E-state index is -0.387. The molecule has 0 radical (unpaired) electrons. The molecule has 2 aromatic heterocycles. The number of rotatable bonds is 2. The van der Waals surface area contributed by atoms with Crippen molar-refractivity contribution in [2.75, 3.05) is 0 Å². The minimum absolute atomic E-state index is 0.165. The van der Waals surface area contributed by atoms with Crippen LogP contribution in [0.4, 0.5) is 0 Å². The average molecular weight is 265 g/mol. The van der Waals surface area contributed by atoms with Gasteiger partial charge in [0.2, 0.25) is 5.88 Å². The topological polar surface area (TPSA) is 78.9 Å². The first-order valence-electron chi connectivity index (χ1n) is 6.05. The summed E-state index contributed by atoms with van der Waals surface area (Å²) in [6, 6.07) is 12.4. The van der Waals surface area contributed by atoms with Crippen molar-refractivity contribution in [3.63, 3.8) is 0 Å². The second kappa shape index (κ2) is 4.97. The molecule has 2 N–H and O–H groups in total. The maximum atomic E-state index is 12.2. The molecule has 0 atom stereocenters. The maximum absolute atomic E-state index is 12.2. The van der Waals surface area contributed by atoms with Crippen LogP contribution in [0.2, 0.25) is 0 Å². The van der Waals surface area contributed by atoms with Crippen LogP contribution in [0, 0.1) is 0 Å². The molecule has 0 aliphatic rings. The normalized spacial score (nSPS) is 10.4. The summed E-state index contributed by atoms with van der Waals surface area (Å²) >= 11 is 0. The number of pyridine rings is 1. The van der Waals surface area contributed by atoms with Crippen LogP contribution in [0.1, 0.15) is 0 Å². The molecule has 0 spiro atoms. The molecular formula is C15H11N3O2.